The molecule has 6 heteroatoms. The predicted octanol–water partition coefficient (Wildman–Crippen LogP) is -1.35. The minimum absolute atomic E-state index is 0.141. The lowest BCUT2D eigenvalue weighted by Gasteiger charge is -2.32. The molecule has 2 amide bonds. The van der Waals surface area contributed by atoms with Gasteiger partial charge in [-0.15, -0.1) is 0 Å². The van der Waals surface area contributed by atoms with E-state index in [0.717, 1.165) is 13.1 Å². The molecule has 0 aromatic rings. The number of nitrogens with one attached hydrogen (secondary N) is 1. The van der Waals surface area contributed by atoms with E-state index in [1.165, 1.54) is 0 Å². The van der Waals surface area contributed by atoms with Gasteiger partial charge in [0, 0.05) is 26.2 Å². The van der Waals surface area contributed by atoms with Gasteiger partial charge in [0.15, 0.2) is 0 Å². The van der Waals surface area contributed by atoms with Gasteiger partial charge in [0.2, 0.25) is 0 Å². The Morgan fingerprint density at radius 2 is 1.88 bits per heavy atom. The summed E-state index contributed by atoms with van der Waals surface area (Å²) >= 11 is 0. The molecule has 1 aliphatic rings. The second-order valence-corrected chi connectivity index (χ2v) is 4.36. The van der Waals surface area contributed by atoms with Crippen LogP contribution < -0.4 is 5.32 Å². The highest BCUT2D eigenvalue weighted by atomic mass is 16.3. The minimum atomic E-state index is -0.615. The molecule has 0 spiro atoms. The quantitative estimate of drug-likeness (QED) is 0.601. The third-order valence-corrected chi connectivity index (χ3v) is 3.03. The summed E-state index contributed by atoms with van der Waals surface area (Å²) in [7, 11) is 1.99. The number of carbonyl (C=O) groups is 2. The maximum Gasteiger partial charge on any atom is 0.311 e. The molecule has 1 aliphatic heterocycles. The summed E-state index contributed by atoms with van der Waals surface area (Å²) in [5.41, 5.74) is 0. The third kappa shape index (κ3) is 3.98. The van der Waals surface area contributed by atoms with Crippen molar-refractivity contribution in [1.29, 1.82) is 0 Å². The number of aliphatic hydroxyl groups excluding tert-OH is 1. The molecule has 0 radical (unpaired) electrons. The molecule has 1 rings (SSSR count). The highest BCUT2D eigenvalue weighted by molar-refractivity contribution is 6.35. The van der Waals surface area contributed by atoms with Crippen molar-refractivity contribution in [2.45, 2.75) is 19.4 Å². The topological polar surface area (TPSA) is 72.9 Å². The first kappa shape index (κ1) is 13.9. The first-order valence-corrected chi connectivity index (χ1v) is 5.97. The van der Waals surface area contributed by atoms with E-state index in [9.17, 15) is 9.59 Å². The molecule has 1 atom stereocenters. The van der Waals surface area contributed by atoms with Crippen molar-refractivity contribution >= 4 is 11.8 Å². The number of hydrogen-bond donors (Lipinski definition) is 2. The average Bonchev–Trinajstić information content (AvgIpc) is 2.35. The SMILES string of the molecule is CCC(CO)NC(=O)C(=O)N1CCN(C)CC1. The number of hydrogen-bond acceptors (Lipinski definition) is 4. The molecule has 1 heterocycles. The van der Waals surface area contributed by atoms with E-state index in [2.05, 4.69) is 10.2 Å². The van der Waals surface area contributed by atoms with Crippen molar-refractivity contribution in [3.05, 3.63) is 0 Å². The summed E-state index contributed by atoms with van der Waals surface area (Å²) in [6.07, 6.45) is 0.609. The highest BCUT2D eigenvalue weighted by Crippen LogP contribution is 2.00. The van der Waals surface area contributed by atoms with Gasteiger partial charge in [-0.05, 0) is 13.5 Å². The normalized spacial score (nSPS) is 18.9. The van der Waals surface area contributed by atoms with Gasteiger partial charge < -0.3 is 20.2 Å². The monoisotopic (exact) mass is 243 g/mol. The Bertz CT molecular complexity index is 271. The van der Waals surface area contributed by atoms with Gasteiger partial charge in [-0.25, -0.2) is 0 Å². The van der Waals surface area contributed by atoms with Crippen molar-refractivity contribution in [1.82, 2.24) is 15.1 Å². The number of amides is 2. The number of carbonyl (C=O) groups excluding carboxylic acids is 2. The molecule has 6 nitrogen and oxygen atoms in total. The molecule has 0 aromatic heterocycles. The zero-order chi connectivity index (χ0) is 12.8. The van der Waals surface area contributed by atoms with Crippen LogP contribution >= 0.6 is 0 Å². The van der Waals surface area contributed by atoms with E-state index >= 15 is 0 Å². The van der Waals surface area contributed by atoms with Crippen LogP contribution in [0.4, 0.5) is 0 Å². The maximum atomic E-state index is 11.8. The number of likely N-dealkylation sites (N-methyl/N-ethyl adjacent to an activating group) is 1. The van der Waals surface area contributed by atoms with Crippen LogP contribution in [0.2, 0.25) is 0 Å². The standard InChI is InChI=1S/C11H21N3O3/c1-3-9(8-15)12-10(16)11(17)14-6-4-13(2)5-7-14/h9,15H,3-8H2,1-2H3,(H,12,16). The molecule has 1 fully saturated rings. The van der Waals surface area contributed by atoms with Crippen LogP contribution in [0.3, 0.4) is 0 Å². The van der Waals surface area contributed by atoms with Crippen LogP contribution in [0.15, 0.2) is 0 Å². The fourth-order valence-electron chi connectivity index (χ4n) is 1.68. The molecule has 1 saturated heterocycles. The Labute approximate surface area is 102 Å². The summed E-state index contributed by atoms with van der Waals surface area (Å²) in [5.74, 6) is -1.11. The largest absolute Gasteiger partial charge is 0.394 e. The summed E-state index contributed by atoms with van der Waals surface area (Å²) in [6.45, 7) is 4.45. The molecule has 1 unspecified atom stereocenters. The van der Waals surface area contributed by atoms with E-state index in [0.29, 0.717) is 19.5 Å². The summed E-state index contributed by atoms with van der Waals surface area (Å²) < 4.78 is 0. The van der Waals surface area contributed by atoms with E-state index in [1.54, 1.807) is 4.90 Å². The third-order valence-electron chi connectivity index (χ3n) is 3.03. The van der Waals surface area contributed by atoms with Gasteiger partial charge >= 0.3 is 11.8 Å². The van der Waals surface area contributed by atoms with E-state index in [-0.39, 0.29) is 12.6 Å². The van der Waals surface area contributed by atoms with Gasteiger partial charge in [-0.2, -0.15) is 0 Å². The Morgan fingerprint density at radius 3 is 2.35 bits per heavy atom. The molecule has 17 heavy (non-hydrogen) atoms. The number of piperazine rings is 1. The van der Waals surface area contributed by atoms with E-state index in [1.807, 2.05) is 14.0 Å². The number of aliphatic hydroxyl groups is 1. The number of nitrogens with zero attached hydrogens (tertiary/aromatic N) is 2. The fourth-order valence-corrected chi connectivity index (χ4v) is 1.68. The Morgan fingerprint density at radius 1 is 1.29 bits per heavy atom. The summed E-state index contributed by atoms with van der Waals surface area (Å²) in [5, 5.41) is 11.5. The lowest BCUT2D eigenvalue weighted by atomic mass is 10.2. The maximum absolute atomic E-state index is 11.8. The van der Waals surface area contributed by atoms with Crippen molar-refractivity contribution in [3.8, 4) is 0 Å². The second kappa shape index (κ2) is 6.56. The molecular weight excluding hydrogens is 222 g/mol. The molecule has 2 N–H and O–H groups in total. The Balaban J connectivity index is 2.43. The van der Waals surface area contributed by atoms with Crippen molar-refractivity contribution in [2.24, 2.45) is 0 Å². The first-order valence-electron chi connectivity index (χ1n) is 5.97. The first-order chi connectivity index (χ1) is 8.08. The highest BCUT2D eigenvalue weighted by Gasteiger charge is 2.25. The van der Waals surface area contributed by atoms with Gasteiger partial charge in [0.05, 0.1) is 12.6 Å². The van der Waals surface area contributed by atoms with Gasteiger partial charge in [0.25, 0.3) is 0 Å². The zero-order valence-corrected chi connectivity index (χ0v) is 10.5. The van der Waals surface area contributed by atoms with Crippen LogP contribution in [-0.4, -0.2) is 72.6 Å². The average molecular weight is 243 g/mol. The smallest absolute Gasteiger partial charge is 0.311 e. The minimum Gasteiger partial charge on any atom is -0.394 e. The van der Waals surface area contributed by atoms with E-state index < -0.39 is 11.8 Å². The van der Waals surface area contributed by atoms with Gasteiger partial charge in [0.1, 0.15) is 0 Å². The van der Waals surface area contributed by atoms with Crippen LogP contribution in [0, 0.1) is 0 Å². The summed E-state index contributed by atoms with van der Waals surface area (Å²) in [4.78, 5) is 27.1. The van der Waals surface area contributed by atoms with Gasteiger partial charge in [-0.1, -0.05) is 6.92 Å². The zero-order valence-electron chi connectivity index (χ0n) is 10.5. The molecule has 0 saturated carbocycles. The second-order valence-electron chi connectivity index (χ2n) is 4.36. The molecule has 0 aliphatic carbocycles. The molecular formula is C11H21N3O3. The van der Waals surface area contributed by atoms with Crippen LogP contribution in [0.1, 0.15) is 13.3 Å². The molecule has 0 aromatic carbocycles. The van der Waals surface area contributed by atoms with Crippen molar-refractivity contribution in [2.75, 3.05) is 39.8 Å². The molecule has 0 bridgehead atoms. The summed E-state index contributed by atoms with van der Waals surface area (Å²) in [6, 6.07) is -0.334. The van der Waals surface area contributed by atoms with Crippen molar-refractivity contribution in [3.63, 3.8) is 0 Å². The predicted molar refractivity (Wildman–Crippen MR) is 63.4 cm³/mol. The van der Waals surface area contributed by atoms with Crippen LogP contribution in [-0.2, 0) is 9.59 Å². The van der Waals surface area contributed by atoms with Crippen molar-refractivity contribution < 1.29 is 14.7 Å². The van der Waals surface area contributed by atoms with Gasteiger partial charge in [-0.3, -0.25) is 9.59 Å². The van der Waals surface area contributed by atoms with E-state index in [4.69, 9.17) is 5.11 Å². The van der Waals surface area contributed by atoms with Crippen LogP contribution in [0.25, 0.3) is 0 Å². The Hall–Kier alpha value is -1.14. The Kier molecular flexibility index (Phi) is 5.37. The fraction of sp³-hybridized carbons (Fsp3) is 0.818. The van der Waals surface area contributed by atoms with Crippen LogP contribution in [0.5, 0.6) is 0 Å². The lowest BCUT2D eigenvalue weighted by Crippen LogP contribution is -2.53. The number of rotatable bonds is 3. The molecule has 98 valence electrons. The lowest BCUT2D eigenvalue weighted by molar-refractivity contribution is -0.147.